The molecule has 0 aliphatic rings. The number of nitrogens with zero attached hydrogens (tertiary/aromatic N) is 3. The topological polar surface area (TPSA) is 77.0 Å². The second-order valence-electron chi connectivity index (χ2n) is 6.24. The number of carbonyl (C=O) groups is 1. The standard InChI is InChI=1S/C21H18N4O2/c1-13(20-17-12-16(27-2)5-3-14(17)7-8-24-20)25-21(26)15-4-6-18-19(11-15)23-10-9-22-18/h3-13H,1-2H3,(H,25,26). The molecule has 27 heavy (non-hydrogen) atoms. The van der Waals surface area contributed by atoms with Gasteiger partial charge in [-0.2, -0.15) is 0 Å². The van der Waals surface area contributed by atoms with Gasteiger partial charge in [0.15, 0.2) is 0 Å². The number of carbonyl (C=O) groups excluding carboxylic acids is 1. The van der Waals surface area contributed by atoms with Crippen LogP contribution in [0.2, 0.25) is 0 Å². The lowest BCUT2D eigenvalue weighted by atomic mass is 10.0. The smallest absolute Gasteiger partial charge is 0.251 e. The number of pyridine rings is 1. The predicted molar refractivity (Wildman–Crippen MR) is 104 cm³/mol. The van der Waals surface area contributed by atoms with E-state index in [1.807, 2.05) is 31.2 Å². The Morgan fingerprint density at radius 3 is 2.59 bits per heavy atom. The molecule has 0 radical (unpaired) electrons. The monoisotopic (exact) mass is 358 g/mol. The van der Waals surface area contributed by atoms with E-state index in [2.05, 4.69) is 20.3 Å². The third-order valence-corrected chi connectivity index (χ3v) is 4.49. The molecular weight excluding hydrogens is 340 g/mol. The van der Waals surface area contributed by atoms with Gasteiger partial charge in [0.25, 0.3) is 5.91 Å². The van der Waals surface area contributed by atoms with Crippen molar-refractivity contribution in [2.45, 2.75) is 13.0 Å². The van der Waals surface area contributed by atoms with E-state index >= 15 is 0 Å². The molecule has 4 aromatic rings. The Labute approximate surface area is 156 Å². The number of benzene rings is 2. The average molecular weight is 358 g/mol. The molecule has 1 N–H and O–H groups in total. The molecule has 0 fully saturated rings. The fraction of sp³-hybridized carbons (Fsp3) is 0.143. The van der Waals surface area contributed by atoms with Gasteiger partial charge < -0.3 is 10.1 Å². The van der Waals surface area contributed by atoms with Crippen molar-refractivity contribution >= 4 is 27.7 Å². The van der Waals surface area contributed by atoms with Gasteiger partial charge in [0.2, 0.25) is 0 Å². The Hall–Kier alpha value is -3.54. The van der Waals surface area contributed by atoms with Crippen LogP contribution in [0.1, 0.15) is 29.0 Å². The van der Waals surface area contributed by atoms with Crippen LogP contribution in [-0.4, -0.2) is 28.0 Å². The predicted octanol–water partition coefficient (Wildman–Crippen LogP) is 3.68. The highest BCUT2D eigenvalue weighted by Gasteiger charge is 2.16. The minimum atomic E-state index is -0.272. The Bertz CT molecular complexity index is 1140. The molecule has 0 saturated carbocycles. The summed E-state index contributed by atoms with van der Waals surface area (Å²) in [5, 5.41) is 5.01. The molecule has 1 unspecified atom stereocenters. The van der Waals surface area contributed by atoms with Gasteiger partial charge in [-0.25, -0.2) is 0 Å². The largest absolute Gasteiger partial charge is 0.497 e. The lowest BCUT2D eigenvalue weighted by Gasteiger charge is -2.16. The quantitative estimate of drug-likeness (QED) is 0.602. The molecule has 2 heterocycles. The Morgan fingerprint density at radius 2 is 1.78 bits per heavy atom. The molecule has 4 rings (SSSR count). The SMILES string of the molecule is COc1ccc2ccnc(C(C)NC(=O)c3ccc4nccnc4c3)c2c1. The van der Waals surface area contributed by atoms with Crippen molar-refractivity contribution < 1.29 is 9.53 Å². The zero-order valence-corrected chi connectivity index (χ0v) is 15.0. The highest BCUT2D eigenvalue weighted by atomic mass is 16.5. The third-order valence-electron chi connectivity index (χ3n) is 4.49. The first kappa shape index (κ1) is 16.9. The van der Waals surface area contributed by atoms with Crippen LogP contribution in [0.3, 0.4) is 0 Å². The van der Waals surface area contributed by atoms with E-state index in [1.165, 1.54) is 0 Å². The van der Waals surface area contributed by atoms with Gasteiger partial charge in [-0.05, 0) is 48.7 Å². The summed E-state index contributed by atoms with van der Waals surface area (Å²) in [5.74, 6) is 0.570. The van der Waals surface area contributed by atoms with E-state index in [-0.39, 0.29) is 11.9 Å². The number of hydrogen-bond acceptors (Lipinski definition) is 5. The number of amides is 1. The molecule has 1 amide bonds. The van der Waals surface area contributed by atoms with E-state index in [9.17, 15) is 4.79 Å². The minimum Gasteiger partial charge on any atom is -0.497 e. The summed E-state index contributed by atoms with van der Waals surface area (Å²) in [4.78, 5) is 25.7. The van der Waals surface area contributed by atoms with Crippen LogP contribution >= 0.6 is 0 Å². The minimum absolute atomic E-state index is 0.184. The molecule has 2 aromatic carbocycles. The normalized spacial score (nSPS) is 12.1. The summed E-state index contributed by atoms with van der Waals surface area (Å²) < 4.78 is 5.32. The van der Waals surface area contributed by atoms with Crippen molar-refractivity contribution in [3.05, 3.63) is 72.3 Å². The summed E-state index contributed by atoms with van der Waals surface area (Å²) in [7, 11) is 1.63. The molecule has 0 aliphatic heterocycles. The average Bonchev–Trinajstić information content (AvgIpc) is 2.72. The Morgan fingerprint density at radius 1 is 0.963 bits per heavy atom. The van der Waals surface area contributed by atoms with Crippen molar-refractivity contribution in [3.63, 3.8) is 0 Å². The number of hydrogen-bond donors (Lipinski definition) is 1. The van der Waals surface area contributed by atoms with Gasteiger partial charge in [0.05, 0.1) is 29.9 Å². The molecule has 6 nitrogen and oxygen atoms in total. The maximum absolute atomic E-state index is 12.7. The van der Waals surface area contributed by atoms with E-state index in [0.29, 0.717) is 11.1 Å². The van der Waals surface area contributed by atoms with Crippen LogP contribution in [0, 0.1) is 0 Å². The van der Waals surface area contributed by atoms with E-state index in [1.54, 1.807) is 43.9 Å². The lowest BCUT2D eigenvalue weighted by Crippen LogP contribution is -2.27. The van der Waals surface area contributed by atoms with E-state index in [0.717, 1.165) is 27.7 Å². The number of ether oxygens (including phenoxy) is 1. The van der Waals surface area contributed by atoms with Gasteiger partial charge >= 0.3 is 0 Å². The van der Waals surface area contributed by atoms with Crippen molar-refractivity contribution in [3.8, 4) is 5.75 Å². The van der Waals surface area contributed by atoms with Crippen LogP contribution in [0.15, 0.2) is 61.1 Å². The first-order chi connectivity index (χ1) is 13.2. The van der Waals surface area contributed by atoms with E-state index in [4.69, 9.17) is 4.74 Å². The number of fused-ring (bicyclic) bond motifs is 2. The summed E-state index contributed by atoms with van der Waals surface area (Å²) in [6.07, 6.45) is 4.99. The third kappa shape index (κ3) is 3.29. The molecule has 0 spiro atoms. The number of nitrogens with one attached hydrogen (secondary N) is 1. The molecule has 0 bridgehead atoms. The molecule has 0 saturated heterocycles. The van der Waals surface area contributed by atoms with Gasteiger partial charge in [-0.3, -0.25) is 19.7 Å². The number of aromatic nitrogens is 3. The molecule has 1 atom stereocenters. The Kier molecular flexibility index (Phi) is 4.38. The number of rotatable bonds is 4. The second-order valence-corrected chi connectivity index (χ2v) is 6.24. The molecule has 0 aliphatic carbocycles. The van der Waals surface area contributed by atoms with Gasteiger partial charge in [-0.15, -0.1) is 0 Å². The lowest BCUT2D eigenvalue weighted by molar-refractivity contribution is 0.0939. The fourth-order valence-electron chi connectivity index (χ4n) is 3.09. The molecular formula is C21H18N4O2. The summed E-state index contributed by atoms with van der Waals surface area (Å²) in [6, 6.07) is 12.8. The summed E-state index contributed by atoms with van der Waals surface area (Å²) in [6.45, 7) is 1.92. The van der Waals surface area contributed by atoms with Crippen molar-refractivity contribution in [1.82, 2.24) is 20.3 Å². The van der Waals surface area contributed by atoms with E-state index < -0.39 is 0 Å². The van der Waals surface area contributed by atoms with Crippen molar-refractivity contribution in [2.24, 2.45) is 0 Å². The van der Waals surface area contributed by atoms with Crippen LogP contribution in [0.5, 0.6) is 5.75 Å². The molecule has 134 valence electrons. The van der Waals surface area contributed by atoms with Gasteiger partial charge in [0, 0.05) is 29.5 Å². The van der Waals surface area contributed by atoms with Crippen LogP contribution < -0.4 is 10.1 Å². The van der Waals surface area contributed by atoms with Crippen molar-refractivity contribution in [2.75, 3.05) is 7.11 Å². The molecule has 2 aromatic heterocycles. The first-order valence-corrected chi connectivity index (χ1v) is 8.60. The number of methoxy groups -OCH3 is 1. The molecule has 6 heteroatoms. The summed E-state index contributed by atoms with van der Waals surface area (Å²) in [5.41, 5.74) is 2.77. The fourth-order valence-corrected chi connectivity index (χ4v) is 3.09. The van der Waals surface area contributed by atoms with Gasteiger partial charge in [0.1, 0.15) is 5.75 Å². The highest BCUT2D eigenvalue weighted by Crippen LogP contribution is 2.26. The summed E-state index contributed by atoms with van der Waals surface area (Å²) >= 11 is 0. The Balaban J connectivity index is 1.63. The maximum atomic E-state index is 12.7. The highest BCUT2D eigenvalue weighted by molar-refractivity contribution is 5.97. The van der Waals surface area contributed by atoms with Crippen molar-refractivity contribution in [1.29, 1.82) is 0 Å². The van der Waals surface area contributed by atoms with Crippen LogP contribution in [-0.2, 0) is 0 Å². The zero-order chi connectivity index (χ0) is 18.8. The zero-order valence-electron chi connectivity index (χ0n) is 15.0. The second kappa shape index (κ2) is 6.99. The van der Waals surface area contributed by atoms with Crippen LogP contribution in [0.4, 0.5) is 0 Å². The first-order valence-electron chi connectivity index (χ1n) is 8.60. The maximum Gasteiger partial charge on any atom is 0.251 e. The van der Waals surface area contributed by atoms with Crippen LogP contribution in [0.25, 0.3) is 21.8 Å². The van der Waals surface area contributed by atoms with Gasteiger partial charge in [-0.1, -0.05) is 6.07 Å².